The Kier molecular flexibility index (Phi) is 4.83. The molecule has 0 saturated heterocycles. The molecular weight excluding hydrogens is 204 g/mol. The minimum atomic E-state index is -0.230. The molecule has 0 aromatic heterocycles. The standard InChI is InChI=1S/C13H18O3/c1-4-11-9-13(15-3)6-5-12(11)7-8-16-10(2)14/h5-6,9H,4,7-8H2,1-3H3. The van der Waals surface area contributed by atoms with E-state index < -0.39 is 0 Å². The number of hydrogen-bond acceptors (Lipinski definition) is 3. The molecule has 1 rings (SSSR count). The summed E-state index contributed by atoms with van der Waals surface area (Å²) >= 11 is 0. The van der Waals surface area contributed by atoms with E-state index in [-0.39, 0.29) is 5.97 Å². The highest BCUT2D eigenvalue weighted by molar-refractivity contribution is 5.65. The van der Waals surface area contributed by atoms with E-state index in [1.165, 1.54) is 18.1 Å². The maximum absolute atomic E-state index is 10.6. The molecule has 0 aliphatic heterocycles. The van der Waals surface area contributed by atoms with Crippen LogP contribution in [0.5, 0.6) is 5.75 Å². The van der Waals surface area contributed by atoms with Crippen LogP contribution in [-0.4, -0.2) is 19.7 Å². The molecular formula is C13H18O3. The number of aryl methyl sites for hydroxylation is 1. The molecule has 0 saturated carbocycles. The molecule has 0 atom stereocenters. The quantitative estimate of drug-likeness (QED) is 0.717. The molecule has 0 aliphatic carbocycles. The summed E-state index contributed by atoms with van der Waals surface area (Å²) in [4.78, 5) is 10.6. The Labute approximate surface area is 96.4 Å². The lowest BCUT2D eigenvalue weighted by Gasteiger charge is -2.09. The third kappa shape index (κ3) is 3.57. The first-order valence-corrected chi connectivity index (χ1v) is 5.46. The fraction of sp³-hybridized carbons (Fsp3) is 0.462. The highest BCUT2D eigenvalue weighted by Crippen LogP contribution is 2.18. The van der Waals surface area contributed by atoms with Gasteiger partial charge in [-0.2, -0.15) is 0 Å². The first-order chi connectivity index (χ1) is 7.67. The number of methoxy groups -OCH3 is 1. The van der Waals surface area contributed by atoms with Crippen LogP contribution in [0.2, 0.25) is 0 Å². The number of rotatable bonds is 5. The van der Waals surface area contributed by atoms with Gasteiger partial charge in [-0.15, -0.1) is 0 Å². The Morgan fingerprint density at radius 2 is 2.06 bits per heavy atom. The zero-order valence-electron chi connectivity index (χ0n) is 10.1. The minimum Gasteiger partial charge on any atom is -0.497 e. The van der Waals surface area contributed by atoms with Crippen LogP contribution in [-0.2, 0) is 22.4 Å². The summed E-state index contributed by atoms with van der Waals surface area (Å²) in [6, 6.07) is 5.99. The fourth-order valence-corrected chi connectivity index (χ4v) is 1.61. The zero-order valence-corrected chi connectivity index (χ0v) is 10.1. The van der Waals surface area contributed by atoms with Crippen LogP contribution in [0, 0.1) is 0 Å². The van der Waals surface area contributed by atoms with Crippen molar-refractivity contribution >= 4 is 5.97 Å². The highest BCUT2D eigenvalue weighted by Gasteiger charge is 2.03. The zero-order chi connectivity index (χ0) is 12.0. The Morgan fingerprint density at radius 1 is 1.31 bits per heavy atom. The molecule has 0 bridgehead atoms. The van der Waals surface area contributed by atoms with Gasteiger partial charge in [-0.1, -0.05) is 13.0 Å². The molecule has 0 fully saturated rings. The molecule has 1 aromatic carbocycles. The molecule has 3 heteroatoms. The van der Waals surface area contributed by atoms with Crippen LogP contribution in [0.4, 0.5) is 0 Å². The van der Waals surface area contributed by atoms with Gasteiger partial charge < -0.3 is 9.47 Å². The maximum Gasteiger partial charge on any atom is 0.302 e. The Balaban J connectivity index is 2.68. The Hall–Kier alpha value is -1.51. The van der Waals surface area contributed by atoms with Gasteiger partial charge in [0.2, 0.25) is 0 Å². The van der Waals surface area contributed by atoms with Gasteiger partial charge in [0.05, 0.1) is 13.7 Å². The summed E-state index contributed by atoms with van der Waals surface area (Å²) in [6.45, 7) is 3.97. The summed E-state index contributed by atoms with van der Waals surface area (Å²) in [5, 5.41) is 0. The van der Waals surface area contributed by atoms with Gasteiger partial charge in [0.25, 0.3) is 0 Å². The SMILES string of the molecule is CCc1cc(OC)ccc1CCOC(C)=O. The molecule has 88 valence electrons. The number of carbonyl (C=O) groups is 1. The van der Waals surface area contributed by atoms with Crippen molar-refractivity contribution in [2.24, 2.45) is 0 Å². The second-order valence-corrected chi connectivity index (χ2v) is 3.58. The predicted octanol–water partition coefficient (Wildman–Crippen LogP) is 2.36. The minimum absolute atomic E-state index is 0.230. The lowest BCUT2D eigenvalue weighted by molar-refractivity contribution is -0.140. The third-order valence-corrected chi connectivity index (χ3v) is 2.47. The van der Waals surface area contributed by atoms with Gasteiger partial charge in [0.1, 0.15) is 5.75 Å². The van der Waals surface area contributed by atoms with Crippen molar-refractivity contribution in [2.45, 2.75) is 26.7 Å². The molecule has 0 radical (unpaired) electrons. The molecule has 16 heavy (non-hydrogen) atoms. The van der Waals surface area contributed by atoms with Crippen LogP contribution in [0.3, 0.4) is 0 Å². The summed E-state index contributed by atoms with van der Waals surface area (Å²) in [6.07, 6.45) is 1.71. The number of hydrogen-bond donors (Lipinski definition) is 0. The van der Waals surface area contributed by atoms with Gasteiger partial charge in [0, 0.05) is 13.3 Å². The Bertz CT molecular complexity index is 358. The van der Waals surface area contributed by atoms with Crippen molar-refractivity contribution < 1.29 is 14.3 Å². The lowest BCUT2D eigenvalue weighted by Crippen LogP contribution is -2.05. The van der Waals surface area contributed by atoms with E-state index >= 15 is 0 Å². The molecule has 0 amide bonds. The average Bonchev–Trinajstić information content (AvgIpc) is 2.29. The molecule has 0 heterocycles. The van der Waals surface area contributed by atoms with Crippen LogP contribution in [0.1, 0.15) is 25.0 Å². The van der Waals surface area contributed by atoms with Crippen LogP contribution in [0.15, 0.2) is 18.2 Å². The van der Waals surface area contributed by atoms with Gasteiger partial charge in [-0.25, -0.2) is 0 Å². The van der Waals surface area contributed by atoms with Crippen molar-refractivity contribution in [1.29, 1.82) is 0 Å². The second-order valence-electron chi connectivity index (χ2n) is 3.58. The smallest absolute Gasteiger partial charge is 0.302 e. The monoisotopic (exact) mass is 222 g/mol. The molecule has 0 unspecified atom stereocenters. The largest absolute Gasteiger partial charge is 0.497 e. The van der Waals surface area contributed by atoms with Gasteiger partial charge in [-0.3, -0.25) is 4.79 Å². The van der Waals surface area contributed by atoms with Gasteiger partial charge in [0.15, 0.2) is 0 Å². The van der Waals surface area contributed by atoms with Gasteiger partial charge in [-0.05, 0) is 29.7 Å². The average molecular weight is 222 g/mol. The number of ether oxygens (including phenoxy) is 2. The van der Waals surface area contributed by atoms with Crippen molar-refractivity contribution in [2.75, 3.05) is 13.7 Å². The van der Waals surface area contributed by atoms with Crippen molar-refractivity contribution in [3.8, 4) is 5.75 Å². The number of benzene rings is 1. The summed E-state index contributed by atoms with van der Waals surface area (Å²) in [7, 11) is 1.66. The maximum atomic E-state index is 10.6. The van der Waals surface area contributed by atoms with Crippen LogP contribution in [0.25, 0.3) is 0 Å². The normalized spacial score (nSPS) is 9.94. The van der Waals surface area contributed by atoms with Crippen molar-refractivity contribution in [1.82, 2.24) is 0 Å². The summed E-state index contributed by atoms with van der Waals surface area (Å²) < 4.78 is 10.1. The van der Waals surface area contributed by atoms with Crippen LogP contribution >= 0.6 is 0 Å². The van der Waals surface area contributed by atoms with E-state index in [4.69, 9.17) is 9.47 Å². The molecule has 0 spiro atoms. The molecule has 1 aromatic rings. The number of esters is 1. The van der Waals surface area contributed by atoms with Crippen LogP contribution < -0.4 is 4.74 Å². The van der Waals surface area contributed by atoms with Crippen molar-refractivity contribution in [3.05, 3.63) is 29.3 Å². The molecule has 3 nitrogen and oxygen atoms in total. The third-order valence-electron chi connectivity index (χ3n) is 2.47. The lowest BCUT2D eigenvalue weighted by atomic mass is 10.0. The van der Waals surface area contributed by atoms with E-state index in [0.29, 0.717) is 6.61 Å². The molecule has 0 aliphatic rings. The predicted molar refractivity (Wildman–Crippen MR) is 62.7 cm³/mol. The topological polar surface area (TPSA) is 35.5 Å². The second kappa shape index (κ2) is 6.16. The van der Waals surface area contributed by atoms with E-state index in [2.05, 4.69) is 6.92 Å². The molecule has 0 N–H and O–H groups in total. The van der Waals surface area contributed by atoms with Gasteiger partial charge >= 0.3 is 5.97 Å². The highest BCUT2D eigenvalue weighted by atomic mass is 16.5. The van der Waals surface area contributed by atoms with E-state index in [1.807, 2.05) is 18.2 Å². The first kappa shape index (κ1) is 12.6. The fourth-order valence-electron chi connectivity index (χ4n) is 1.61. The summed E-state index contributed by atoms with van der Waals surface area (Å²) in [5.74, 6) is 0.639. The van der Waals surface area contributed by atoms with E-state index in [1.54, 1.807) is 7.11 Å². The first-order valence-electron chi connectivity index (χ1n) is 5.46. The number of carbonyl (C=O) groups excluding carboxylic acids is 1. The Morgan fingerprint density at radius 3 is 2.62 bits per heavy atom. The van der Waals surface area contributed by atoms with E-state index in [9.17, 15) is 4.79 Å². The van der Waals surface area contributed by atoms with E-state index in [0.717, 1.165) is 18.6 Å². The summed E-state index contributed by atoms with van der Waals surface area (Å²) in [5.41, 5.74) is 2.45. The van der Waals surface area contributed by atoms with Crippen molar-refractivity contribution in [3.63, 3.8) is 0 Å².